The van der Waals surface area contributed by atoms with Crippen LogP contribution in [0.3, 0.4) is 0 Å². The summed E-state index contributed by atoms with van der Waals surface area (Å²) in [5.41, 5.74) is 4.37. The molecule has 2 aromatic carbocycles. The highest BCUT2D eigenvalue weighted by Gasteiger charge is 2.19. The molecule has 2 aromatic rings. The van der Waals surface area contributed by atoms with Crippen LogP contribution in [0.5, 0.6) is 0 Å². The summed E-state index contributed by atoms with van der Waals surface area (Å²) < 4.78 is 12.4. The molecule has 2 atom stereocenters. The van der Waals surface area contributed by atoms with Crippen LogP contribution in [-0.2, 0) is 27.9 Å². The van der Waals surface area contributed by atoms with Crippen molar-refractivity contribution in [2.75, 3.05) is 0 Å². The van der Waals surface area contributed by atoms with Crippen LogP contribution in [-0.4, -0.2) is 15.4 Å². The van der Waals surface area contributed by atoms with E-state index in [1.165, 1.54) is 5.56 Å². The van der Waals surface area contributed by atoms with Crippen molar-refractivity contribution in [1.29, 1.82) is 0 Å². The normalized spacial score (nSPS) is 13.3. The largest absolute Gasteiger partial charge is 0.351 e. The minimum atomic E-state index is -1.23. The number of benzene rings is 2. The van der Waals surface area contributed by atoms with Crippen molar-refractivity contribution in [3.05, 3.63) is 70.8 Å². The van der Waals surface area contributed by atoms with Crippen LogP contribution in [0.4, 0.5) is 0 Å². The molecule has 122 valence electrons. The maximum Gasteiger partial charge on any atom is 0.235 e. The molecule has 0 saturated carbocycles. The third kappa shape index (κ3) is 5.32. The molecule has 2 rings (SSSR count). The molecule has 1 N–H and O–H groups in total. The van der Waals surface area contributed by atoms with Gasteiger partial charge in [-0.15, -0.1) is 0 Å². The third-order valence-electron chi connectivity index (χ3n) is 3.74. The first kappa shape index (κ1) is 17.4. The van der Waals surface area contributed by atoms with Gasteiger partial charge in [-0.2, -0.15) is 0 Å². The number of nitrogens with one attached hydrogen (secondary N) is 1. The minimum Gasteiger partial charge on any atom is -0.351 e. The maximum atomic E-state index is 12.4. The predicted molar refractivity (Wildman–Crippen MR) is 95.5 cm³/mol. The van der Waals surface area contributed by atoms with Crippen LogP contribution in [0, 0.1) is 13.8 Å². The average molecular weight is 329 g/mol. The van der Waals surface area contributed by atoms with E-state index in [-0.39, 0.29) is 5.91 Å². The molecular weight excluding hydrogens is 306 g/mol. The van der Waals surface area contributed by atoms with E-state index in [1.807, 2.05) is 62.4 Å². The van der Waals surface area contributed by atoms with E-state index in [1.54, 1.807) is 6.92 Å². The molecular formula is C19H23NO2S. The summed E-state index contributed by atoms with van der Waals surface area (Å²) >= 11 is 0. The van der Waals surface area contributed by atoms with Gasteiger partial charge in [0.15, 0.2) is 0 Å². The first-order chi connectivity index (χ1) is 11.0. The van der Waals surface area contributed by atoms with Crippen molar-refractivity contribution in [3.63, 3.8) is 0 Å². The van der Waals surface area contributed by atoms with Gasteiger partial charge < -0.3 is 5.32 Å². The third-order valence-corrected chi connectivity index (χ3v) is 5.36. The zero-order valence-electron chi connectivity index (χ0n) is 13.8. The Morgan fingerprint density at radius 1 is 1.04 bits per heavy atom. The molecule has 0 aliphatic heterocycles. The van der Waals surface area contributed by atoms with Crippen molar-refractivity contribution in [3.8, 4) is 0 Å². The molecule has 0 radical (unpaired) electrons. The van der Waals surface area contributed by atoms with Gasteiger partial charge in [0.05, 0.1) is 0 Å². The van der Waals surface area contributed by atoms with Crippen LogP contribution in [0.1, 0.15) is 29.2 Å². The molecule has 0 aliphatic rings. The molecule has 0 saturated heterocycles. The first-order valence-corrected chi connectivity index (χ1v) is 9.10. The van der Waals surface area contributed by atoms with Crippen molar-refractivity contribution in [2.24, 2.45) is 0 Å². The zero-order valence-corrected chi connectivity index (χ0v) is 14.7. The smallest absolute Gasteiger partial charge is 0.235 e. The Balaban J connectivity index is 1.88. The Morgan fingerprint density at radius 2 is 1.74 bits per heavy atom. The number of hydrogen-bond donors (Lipinski definition) is 1. The van der Waals surface area contributed by atoms with Crippen molar-refractivity contribution < 1.29 is 9.00 Å². The number of rotatable bonds is 6. The summed E-state index contributed by atoms with van der Waals surface area (Å²) in [6.45, 7) is 6.21. The van der Waals surface area contributed by atoms with Gasteiger partial charge in [-0.3, -0.25) is 9.00 Å². The Morgan fingerprint density at radius 3 is 2.39 bits per heavy atom. The van der Waals surface area contributed by atoms with Gasteiger partial charge in [0.2, 0.25) is 5.91 Å². The Kier molecular flexibility index (Phi) is 6.11. The zero-order chi connectivity index (χ0) is 16.8. The molecule has 0 fully saturated rings. The Hall–Kier alpha value is -1.94. The molecule has 0 aliphatic carbocycles. The topological polar surface area (TPSA) is 46.2 Å². The predicted octanol–water partition coefficient (Wildman–Crippen LogP) is 3.26. The second kappa shape index (κ2) is 8.06. The lowest BCUT2D eigenvalue weighted by molar-refractivity contribution is -0.120. The van der Waals surface area contributed by atoms with E-state index in [0.717, 1.165) is 16.7 Å². The fourth-order valence-corrected chi connectivity index (χ4v) is 3.33. The van der Waals surface area contributed by atoms with Gasteiger partial charge in [-0.05, 0) is 31.9 Å². The summed E-state index contributed by atoms with van der Waals surface area (Å²) in [6, 6.07) is 15.9. The summed E-state index contributed by atoms with van der Waals surface area (Å²) in [5, 5.41) is 2.34. The standard InChI is InChI=1S/C19H23NO2S/c1-14-7-9-17(10-8-14)12-20-19(21)16(3)23(22)13-18-6-4-5-15(2)11-18/h4-11,16H,12-13H2,1-3H3,(H,20,21). The molecule has 1 amide bonds. The lowest BCUT2D eigenvalue weighted by Crippen LogP contribution is -2.35. The number of amides is 1. The van der Waals surface area contributed by atoms with E-state index in [9.17, 15) is 9.00 Å². The number of hydrogen-bond acceptors (Lipinski definition) is 2. The number of carbonyl (C=O) groups is 1. The van der Waals surface area contributed by atoms with E-state index in [0.29, 0.717) is 12.3 Å². The first-order valence-electron chi connectivity index (χ1n) is 7.71. The second-order valence-corrected chi connectivity index (χ2v) is 7.62. The van der Waals surface area contributed by atoms with Gasteiger partial charge in [0, 0.05) is 23.1 Å². The van der Waals surface area contributed by atoms with E-state index in [2.05, 4.69) is 5.32 Å². The molecule has 0 heterocycles. The summed E-state index contributed by atoms with van der Waals surface area (Å²) in [7, 11) is -1.23. The quantitative estimate of drug-likeness (QED) is 0.884. The molecule has 0 spiro atoms. The monoisotopic (exact) mass is 329 g/mol. The van der Waals surface area contributed by atoms with Crippen molar-refractivity contribution >= 4 is 16.7 Å². The fourth-order valence-electron chi connectivity index (χ4n) is 2.25. The summed E-state index contributed by atoms with van der Waals surface area (Å²) in [6.07, 6.45) is 0. The molecule has 0 aromatic heterocycles. The molecule has 0 bridgehead atoms. The van der Waals surface area contributed by atoms with Crippen LogP contribution in [0.2, 0.25) is 0 Å². The van der Waals surface area contributed by atoms with Gasteiger partial charge in [-0.1, -0.05) is 59.7 Å². The molecule has 4 heteroatoms. The minimum absolute atomic E-state index is 0.170. The van der Waals surface area contributed by atoms with Crippen LogP contribution in [0.25, 0.3) is 0 Å². The summed E-state index contributed by atoms with van der Waals surface area (Å²) in [5.74, 6) is 0.234. The van der Waals surface area contributed by atoms with Crippen LogP contribution < -0.4 is 5.32 Å². The highest BCUT2D eigenvalue weighted by Crippen LogP contribution is 2.10. The maximum absolute atomic E-state index is 12.4. The summed E-state index contributed by atoms with van der Waals surface area (Å²) in [4.78, 5) is 12.2. The molecule has 3 nitrogen and oxygen atoms in total. The van der Waals surface area contributed by atoms with Crippen LogP contribution >= 0.6 is 0 Å². The Bertz CT molecular complexity index is 695. The van der Waals surface area contributed by atoms with Gasteiger partial charge in [0.25, 0.3) is 0 Å². The second-order valence-electron chi connectivity index (χ2n) is 5.86. The number of aryl methyl sites for hydroxylation is 2. The van der Waals surface area contributed by atoms with Crippen molar-refractivity contribution in [1.82, 2.24) is 5.32 Å². The van der Waals surface area contributed by atoms with E-state index < -0.39 is 16.0 Å². The van der Waals surface area contributed by atoms with E-state index >= 15 is 0 Å². The fraction of sp³-hybridized carbons (Fsp3) is 0.316. The van der Waals surface area contributed by atoms with Gasteiger partial charge in [-0.25, -0.2) is 0 Å². The molecule has 2 unspecified atom stereocenters. The highest BCUT2D eigenvalue weighted by molar-refractivity contribution is 7.85. The van der Waals surface area contributed by atoms with Crippen LogP contribution in [0.15, 0.2) is 48.5 Å². The number of carbonyl (C=O) groups excluding carboxylic acids is 1. The Labute approximate surface area is 140 Å². The van der Waals surface area contributed by atoms with Gasteiger partial charge >= 0.3 is 0 Å². The SMILES string of the molecule is Cc1ccc(CNC(=O)C(C)S(=O)Cc2cccc(C)c2)cc1. The molecule has 23 heavy (non-hydrogen) atoms. The van der Waals surface area contributed by atoms with Gasteiger partial charge in [0.1, 0.15) is 5.25 Å². The van der Waals surface area contributed by atoms with E-state index in [4.69, 9.17) is 0 Å². The lowest BCUT2D eigenvalue weighted by Gasteiger charge is -2.12. The average Bonchev–Trinajstić information content (AvgIpc) is 2.53. The van der Waals surface area contributed by atoms with Crippen molar-refractivity contribution in [2.45, 2.75) is 38.3 Å². The lowest BCUT2D eigenvalue weighted by atomic mass is 10.1. The highest BCUT2D eigenvalue weighted by atomic mass is 32.2.